The van der Waals surface area contributed by atoms with E-state index < -0.39 is 5.91 Å². The average Bonchev–Trinajstić information content (AvgIpc) is 2.77. The van der Waals surface area contributed by atoms with Gasteiger partial charge in [-0.05, 0) is 47.9 Å². The summed E-state index contributed by atoms with van der Waals surface area (Å²) in [5.41, 5.74) is 3.87. The van der Waals surface area contributed by atoms with Crippen LogP contribution in [0, 0.1) is 0 Å². The number of aryl methyl sites for hydroxylation is 2. The Morgan fingerprint density at radius 2 is 1.76 bits per heavy atom. The fraction of sp³-hybridized carbons (Fsp3) is 0.130. The zero-order valence-corrected chi connectivity index (χ0v) is 15.8. The van der Waals surface area contributed by atoms with Gasteiger partial charge in [-0.25, -0.2) is 5.48 Å². The Morgan fingerprint density at radius 3 is 2.48 bits per heavy atom. The Kier molecular flexibility index (Phi) is 6.97. The lowest BCUT2D eigenvalue weighted by Gasteiger charge is -2.09. The van der Waals surface area contributed by atoms with Crippen LogP contribution in [0.25, 0.3) is 6.08 Å². The van der Waals surface area contributed by atoms with Crippen molar-refractivity contribution < 1.29 is 14.7 Å². The molecule has 2 N–H and O–H groups in total. The summed E-state index contributed by atoms with van der Waals surface area (Å²) < 4.78 is 7.38. The van der Waals surface area contributed by atoms with Crippen LogP contribution in [0.3, 0.4) is 0 Å². The SMILES string of the molecule is O=C(/C=C/c1cccn(CCc2ccc(OCc3ccccc3)cc2)c1=O)NO. The molecular weight excluding hydrogens is 368 g/mol. The molecule has 1 heterocycles. The van der Waals surface area contributed by atoms with Crippen LogP contribution in [0.2, 0.25) is 0 Å². The van der Waals surface area contributed by atoms with Gasteiger partial charge in [0.05, 0.1) is 0 Å². The van der Waals surface area contributed by atoms with E-state index >= 15 is 0 Å². The second-order valence-corrected chi connectivity index (χ2v) is 6.44. The van der Waals surface area contributed by atoms with Gasteiger partial charge in [0.2, 0.25) is 0 Å². The van der Waals surface area contributed by atoms with Crippen molar-refractivity contribution in [1.29, 1.82) is 0 Å². The smallest absolute Gasteiger partial charge is 0.267 e. The second-order valence-electron chi connectivity index (χ2n) is 6.44. The maximum atomic E-state index is 12.5. The summed E-state index contributed by atoms with van der Waals surface area (Å²) >= 11 is 0. The summed E-state index contributed by atoms with van der Waals surface area (Å²) in [6.45, 7) is 1.03. The molecule has 2 aromatic carbocycles. The zero-order chi connectivity index (χ0) is 20.5. The Hall–Kier alpha value is -3.64. The number of hydrogen-bond donors (Lipinski definition) is 2. The van der Waals surface area contributed by atoms with Crippen molar-refractivity contribution >= 4 is 12.0 Å². The highest BCUT2D eigenvalue weighted by Gasteiger charge is 2.03. The summed E-state index contributed by atoms with van der Waals surface area (Å²) in [6, 6.07) is 21.2. The summed E-state index contributed by atoms with van der Waals surface area (Å²) in [5.74, 6) is 0.110. The highest BCUT2D eigenvalue weighted by Crippen LogP contribution is 2.15. The average molecular weight is 390 g/mol. The lowest BCUT2D eigenvalue weighted by atomic mass is 10.1. The second kappa shape index (κ2) is 10.1. The minimum atomic E-state index is -0.686. The molecule has 29 heavy (non-hydrogen) atoms. The molecule has 0 saturated carbocycles. The van der Waals surface area contributed by atoms with Crippen LogP contribution < -0.4 is 15.8 Å². The molecule has 0 radical (unpaired) electrons. The molecule has 0 fully saturated rings. The van der Waals surface area contributed by atoms with E-state index in [1.54, 1.807) is 22.9 Å². The van der Waals surface area contributed by atoms with Crippen molar-refractivity contribution in [2.45, 2.75) is 19.6 Å². The number of nitrogens with zero attached hydrogens (tertiary/aromatic N) is 1. The quantitative estimate of drug-likeness (QED) is 0.352. The molecule has 1 aromatic heterocycles. The van der Waals surface area contributed by atoms with Crippen molar-refractivity contribution in [1.82, 2.24) is 10.0 Å². The molecule has 0 atom stereocenters. The van der Waals surface area contributed by atoms with Crippen molar-refractivity contribution in [3.8, 4) is 5.75 Å². The Bertz CT molecular complexity index is 1020. The lowest BCUT2D eigenvalue weighted by Crippen LogP contribution is -2.22. The molecule has 0 aliphatic heterocycles. The summed E-state index contributed by atoms with van der Waals surface area (Å²) in [5, 5.41) is 8.52. The lowest BCUT2D eigenvalue weighted by molar-refractivity contribution is -0.124. The number of benzene rings is 2. The molecule has 0 aliphatic carbocycles. The van der Waals surface area contributed by atoms with Gasteiger partial charge in [-0.2, -0.15) is 0 Å². The molecule has 6 heteroatoms. The van der Waals surface area contributed by atoms with E-state index in [1.807, 2.05) is 54.6 Å². The molecule has 1 amide bonds. The standard InChI is InChI=1S/C23H22N2O4/c26-22(24-28)13-10-20-7-4-15-25(23(20)27)16-14-18-8-11-21(12-9-18)29-17-19-5-2-1-3-6-19/h1-13,15,28H,14,16-17H2,(H,24,26)/b13-10+. The Balaban J connectivity index is 1.58. The number of rotatable bonds is 8. The van der Waals surface area contributed by atoms with Gasteiger partial charge in [0.15, 0.2) is 0 Å². The molecule has 0 unspecified atom stereocenters. The maximum Gasteiger partial charge on any atom is 0.267 e. The van der Waals surface area contributed by atoms with Crippen molar-refractivity contribution in [2.24, 2.45) is 0 Å². The number of hydroxylamine groups is 1. The molecule has 3 rings (SSSR count). The highest BCUT2D eigenvalue weighted by molar-refractivity contribution is 5.90. The number of aromatic nitrogens is 1. The number of amides is 1. The maximum absolute atomic E-state index is 12.5. The van der Waals surface area contributed by atoms with Crippen LogP contribution in [0.5, 0.6) is 5.75 Å². The minimum absolute atomic E-state index is 0.197. The van der Waals surface area contributed by atoms with Crippen LogP contribution in [-0.4, -0.2) is 15.7 Å². The van der Waals surface area contributed by atoms with Crippen molar-refractivity contribution in [2.75, 3.05) is 0 Å². The third-order valence-corrected chi connectivity index (χ3v) is 4.39. The molecule has 6 nitrogen and oxygen atoms in total. The van der Waals surface area contributed by atoms with Crippen LogP contribution in [0.1, 0.15) is 16.7 Å². The Labute approximate surface area is 168 Å². The zero-order valence-electron chi connectivity index (χ0n) is 15.8. The van der Waals surface area contributed by atoms with Gasteiger partial charge in [-0.3, -0.25) is 14.8 Å². The molecule has 0 aliphatic rings. The summed E-state index contributed by atoms with van der Waals surface area (Å²) in [7, 11) is 0. The molecule has 0 spiro atoms. The van der Waals surface area contributed by atoms with Gasteiger partial charge in [0, 0.05) is 24.4 Å². The van der Waals surface area contributed by atoms with Gasteiger partial charge in [-0.1, -0.05) is 42.5 Å². The van der Waals surface area contributed by atoms with E-state index in [0.717, 1.165) is 23.0 Å². The van der Waals surface area contributed by atoms with Crippen LogP contribution in [-0.2, 0) is 24.4 Å². The first-order valence-corrected chi connectivity index (χ1v) is 9.23. The summed E-state index contributed by atoms with van der Waals surface area (Å²) in [6.07, 6.45) is 4.88. The van der Waals surface area contributed by atoms with Crippen molar-refractivity contribution in [3.05, 3.63) is 106 Å². The van der Waals surface area contributed by atoms with E-state index in [-0.39, 0.29) is 5.56 Å². The molecule has 0 saturated heterocycles. The molecule has 3 aromatic rings. The molecular formula is C23H22N2O4. The monoisotopic (exact) mass is 390 g/mol. The van der Waals surface area contributed by atoms with E-state index in [4.69, 9.17) is 9.94 Å². The first-order valence-electron chi connectivity index (χ1n) is 9.23. The fourth-order valence-corrected chi connectivity index (χ4v) is 2.80. The number of hydrogen-bond acceptors (Lipinski definition) is 4. The first-order chi connectivity index (χ1) is 14.2. The van der Waals surface area contributed by atoms with Crippen LogP contribution >= 0.6 is 0 Å². The third kappa shape index (κ3) is 5.92. The normalized spacial score (nSPS) is 10.8. The van der Waals surface area contributed by atoms with Gasteiger partial charge in [0.1, 0.15) is 12.4 Å². The van der Waals surface area contributed by atoms with E-state index in [2.05, 4.69) is 0 Å². The van der Waals surface area contributed by atoms with Crippen LogP contribution in [0.4, 0.5) is 0 Å². The summed E-state index contributed by atoms with van der Waals surface area (Å²) in [4.78, 5) is 23.5. The van der Waals surface area contributed by atoms with Crippen LogP contribution in [0.15, 0.2) is 83.8 Å². The Morgan fingerprint density at radius 1 is 1.00 bits per heavy atom. The highest BCUT2D eigenvalue weighted by atomic mass is 16.5. The van der Waals surface area contributed by atoms with E-state index in [9.17, 15) is 9.59 Å². The van der Waals surface area contributed by atoms with Gasteiger partial charge >= 0.3 is 0 Å². The predicted octanol–water partition coefficient (Wildman–Crippen LogP) is 3.19. The number of carbonyl (C=O) groups is 1. The van der Waals surface area contributed by atoms with Gasteiger partial charge < -0.3 is 9.30 Å². The molecule has 148 valence electrons. The number of carbonyl (C=O) groups excluding carboxylic acids is 1. The first kappa shape index (κ1) is 20.1. The van der Waals surface area contributed by atoms with E-state index in [1.165, 1.54) is 11.6 Å². The topological polar surface area (TPSA) is 80.6 Å². The largest absolute Gasteiger partial charge is 0.489 e. The number of ether oxygens (including phenoxy) is 1. The number of nitrogens with one attached hydrogen (secondary N) is 1. The predicted molar refractivity (Wildman–Crippen MR) is 111 cm³/mol. The van der Waals surface area contributed by atoms with Crippen molar-refractivity contribution in [3.63, 3.8) is 0 Å². The van der Waals surface area contributed by atoms with Gasteiger partial charge in [-0.15, -0.1) is 0 Å². The minimum Gasteiger partial charge on any atom is -0.489 e. The van der Waals surface area contributed by atoms with Gasteiger partial charge in [0.25, 0.3) is 11.5 Å². The van der Waals surface area contributed by atoms with E-state index in [0.29, 0.717) is 25.1 Å². The fourth-order valence-electron chi connectivity index (χ4n) is 2.80. The third-order valence-electron chi connectivity index (χ3n) is 4.39. The number of pyridine rings is 1. The molecule has 0 bridgehead atoms.